The van der Waals surface area contributed by atoms with E-state index in [0.717, 1.165) is 18.4 Å². The molecule has 0 aliphatic heterocycles. The highest BCUT2D eigenvalue weighted by Crippen LogP contribution is 2.09. The lowest BCUT2D eigenvalue weighted by Gasteiger charge is -2.01. The molecule has 1 aromatic carbocycles. The monoisotopic (exact) mass is 250 g/mol. The van der Waals surface area contributed by atoms with E-state index in [1.165, 1.54) is 12.1 Å². The third-order valence-corrected chi connectivity index (χ3v) is 2.85. The molecule has 0 saturated heterocycles. The molecule has 6 heteroatoms. The van der Waals surface area contributed by atoms with E-state index in [2.05, 4.69) is 0 Å². The standard InChI is InChI=1S/C9H14N2O2S.ClH/c10-7-1-2-8-3-5-9(6-4-8)14(11,12)13;/h3-6H,1-2,7,10H2,(H2,11,12,13);1H. The zero-order chi connectivity index (χ0) is 10.6. The Morgan fingerprint density at radius 3 is 2.07 bits per heavy atom. The van der Waals surface area contributed by atoms with E-state index in [4.69, 9.17) is 10.9 Å². The number of benzene rings is 1. The molecule has 0 fully saturated rings. The van der Waals surface area contributed by atoms with Crippen LogP contribution < -0.4 is 10.9 Å². The smallest absolute Gasteiger partial charge is 0.238 e. The number of rotatable bonds is 4. The Balaban J connectivity index is 0.00000196. The summed E-state index contributed by atoms with van der Waals surface area (Å²) in [5.41, 5.74) is 6.43. The summed E-state index contributed by atoms with van der Waals surface area (Å²) in [4.78, 5) is 0.147. The van der Waals surface area contributed by atoms with Crippen molar-refractivity contribution in [2.75, 3.05) is 6.54 Å². The molecule has 0 spiro atoms. The van der Waals surface area contributed by atoms with Crippen molar-refractivity contribution in [3.05, 3.63) is 29.8 Å². The third-order valence-electron chi connectivity index (χ3n) is 1.92. The number of hydrogen-bond donors (Lipinski definition) is 2. The van der Waals surface area contributed by atoms with Crippen LogP contribution in [-0.4, -0.2) is 15.0 Å². The number of aryl methyl sites for hydroxylation is 1. The number of nitrogens with two attached hydrogens (primary N) is 2. The van der Waals surface area contributed by atoms with Crippen LogP contribution in [0.5, 0.6) is 0 Å². The highest BCUT2D eigenvalue weighted by atomic mass is 35.5. The van der Waals surface area contributed by atoms with Gasteiger partial charge in [0.15, 0.2) is 0 Å². The predicted octanol–water partition coefficient (Wildman–Crippen LogP) is 0.647. The average Bonchev–Trinajstić information content (AvgIpc) is 2.14. The van der Waals surface area contributed by atoms with Crippen LogP contribution in [0.1, 0.15) is 12.0 Å². The highest BCUT2D eigenvalue weighted by Gasteiger charge is 2.05. The largest absolute Gasteiger partial charge is 0.330 e. The first-order chi connectivity index (χ1) is 6.54. The lowest BCUT2D eigenvalue weighted by Crippen LogP contribution is -2.11. The van der Waals surface area contributed by atoms with Crippen molar-refractivity contribution in [3.8, 4) is 0 Å². The topological polar surface area (TPSA) is 86.2 Å². The van der Waals surface area contributed by atoms with Crippen LogP contribution in [0.4, 0.5) is 0 Å². The van der Waals surface area contributed by atoms with Crippen molar-refractivity contribution in [2.45, 2.75) is 17.7 Å². The van der Waals surface area contributed by atoms with Gasteiger partial charge in [0.25, 0.3) is 0 Å². The van der Waals surface area contributed by atoms with Gasteiger partial charge in [0, 0.05) is 0 Å². The molecule has 0 amide bonds. The van der Waals surface area contributed by atoms with Gasteiger partial charge in [-0.05, 0) is 37.1 Å². The Bertz CT molecular complexity index is 389. The van der Waals surface area contributed by atoms with Gasteiger partial charge >= 0.3 is 0 Å². The van der Waals surface area contributed by atoms with E-state index in [1.807, 2.05) is 0 Å². The Labute approximate surface area is 96.1 Å². The van der Waals surface area contributed by atoms with Gasteiger partial charge in [-0.15, -0.1) is 12.4 Å². The van der Waals surface area contributed by atoms with Gasteiger partial charge in [0.1, 0.15) is 0 Å². The van der Waals surface area contributed by atoms with Crippen LogP contribution in [0.3, 0.4) is 0 Å². The summed E-state index contributed by atoms with van der Waals surface area (Å²) >= 11 is 0. The minimum atomic E-state index is -3.56. The van der Waals surface area contributed by atoms with Crippen molar-refractivity contribution >= 4 is 22.4 Å². The van der Waals surface area contributed by atoms with Crippen molar-refractivity contribution in [2.24, 2.45) is 10.9 Å². The van der Waals surface area contributed by atoms with Crippen LogP contribution >= 0.6 is 12.4 Å². The van der Waals surface area contributed by atoms with Gasteiger partial charge in [0.05, 0.1) is 4.90 Å². The molecule has 0 atom stereocenters. The molecule has 0 aromatic heterocycles. The maximum atomic E-state index is 10.9. The zero-order valence-corrected chi connectivity index (χ0v) is 9.85. The lowest BCUT2D eigenvalue weighted by molar-refractivity contribution is 0.597. The predicted molar refractivity (Wildman–Crippen MR) is 62.4 cm³/mol. The highest BCUT2D eigenvalue weighted by molar-refractivity contribution is 7.89. The maximum Gasteiger partial charge on any atom is 0.238 e. The summed E-state index contributed by atoms with van der Waals surface area (Å²) < 4.78 is 21.8. The second-order valence-corrected chi connectivity index (χ2v) is 4.64. The Hall–Kier alpha value is -0.620. The lowest BCUT2D eigenvalue weighted by atomic mass is 10.1. The van der Waals surface area contributed by atoms with Crippen molar-refractivity contribution in [1.29, 1.82) is 0 Å². The Kier molecular flexibility index (Phi) is 5.82. The molecule has 0 aliphatic carbocycles. The van der Waals surface area contributed by atoms with Crippen LogP contribution in [0, 0.1) is 0 Å². The number of sulfonamides is 1. The van der Waals surface area contributed by atoms with Crippen molar-refractivity contribution in [3.63, 3.8) is 0 Å². The normalized spacial score (nSPS) is 10.8. The van der Waals surface area contributed by atoms with E-state index >= 15 is 0 Å². The van der Waals surface area contributed by atoms with Crippen LogP contribution in [0.25, 0.3) is 0 Å². The molecular formula is C9H15ClN2O2S. The fourth-order valence-corrected chi connectivity index (χ4v) is 1.67. The van der Waals surface area contributed by atoms with Crippen LogP contribution in [0.2, 0.25) is 0 Å². The second-order valence-electron chi connectivity index (χ2n) is 3.08. The molecule has 4 nitrogen and oxygen atoms in total. The van der Waals surface area contributed by atoms with E-state index in [0.29, 0.717) is 6.54 Å². The van der Waals surface area contributed by atoms with Crippen LogP contribution in [-0.2, 0) is 16.4 Å². The number of hydrogen-bond acceptors (Lipinski definition) is 3. The molecule has 0 aliphatic rings. The van der Waals surface area contributed by atoms with Gasteiger partial charge in [-0.25, -0.2) is 13.6 Å². The first-order valence-electron chi connectivity index (χ1n) is 4.36. The van der Waals surface area contributed by atoms with Gasteiger partial charge in [-0.3, -0.25) is 0 Å². The number of halogens is 1. The first-order valence-corrected chi connectivity index (χ1v) is 5.90. The summed E-state index contributed by atoms with van der Waals surface area (Å²) in [5, 5.41) is 4.96. The zero-order valence-electron chi connectivity index (χ0n) is 8.22. The molecule has 0 heterocycles. The molecule has 86 valence electrons. The number of primary sulfonamides is 1. The first kappa shape index (κ1) is 14.4. The molecule has 0 bridgehead atoms. The Morgan fingerprint density at radius 1 is 1.13 bits per heavy atom. The van der Waals surface area contributed by atoms with Gasteiger partial charge in [-0.1, -0.05) is 12.1 Å². The SMILES string of the molecule is Cl.NCCCc1ccc(S(N)(=O)=O)cc1. The quantitative estimate of drug-likeness (QED) is 0.823. The van der Waals surface area contributed by atoms with Gasteiger partial charge in [0.2, 0.25) is 10.0 Å². The summed E-state index contributed by atoms with van der Waals surface area (Å²) in [6.07, 6.45) is 1.76. The van der Waals surface area contributed by atoms with Crippen molar-refractivity contribution < 1.29 is 8.42 Å². The van der Waals surface area contributed by atoms with Gasteiger partial charge in [-0.2, -0.15) is 0 Å². The van der Waals surface area contributed by atoms with Crippen LogP contribution in [0.15, 0.2) is 29.2 Å². The average molecular weight is 251 g/mol. The summed E-state index contributed by atoms with van der Waals surface area (Å²) in [7, 11) is -3.56. The molecule has 1 aromatic rings. The second kappa shape index (κ2) is 6.07. The van der Waals surface area contributed by atoms with E-state index in [9.17, 15) is 8.42 Å². The third kappa shape index (κ3) is 4.61. The fourth-order valence-electron chi connectivity index (χ4n) is 1.15. The molecule has 15 heavy (non-hydrogen) atoms. The Morgan fingerprint density at radius 2 is 1.67 bits per heavy atom. The summed E-state index contributed by atoms with van der Waals surface area (Å²) in [6.45, 7) is 0.636. The summed E-state index contributed by atoms with van der Waals surface area (Å²) in [5.74, 6) is 0. The molecule has 0 unspecified atom stereocenters. The minimum absolute atomic E-state index is 0. The van der Waals surface area contributed by atoms with E-state index in [-0.39, 0.29) is 17.3 Å². The molecular weight excluding hydrogens is 236 g/mol. The minimum Gasteiger partial charge on any atom is -0.330 e. The molecule has 4 N–H and O–H groups in total. The van der Waals surface area contributed by atoms with E-state index in [1.54, 1.807) is 12.1 Å². The molecule has 0 saturated carbocycles. The fraction of sp³-hybridized carbons (Fsp3) is 0.333. The summed E-state index contributed by atoms with van der Waals surface area (Å²) in [6, 6.07) is 6.55. The van der Waals surface area contributed by atoms with Crippen molar-refractivity contribution in [1.82, 2.24) is 0 Å². The maximum absolute atomic E-state index is 10.9. The molecule has 1 rings (SSSR count). The van der Waals surface area contributed by atoms with Gasteiger partial charge < -0.3 is 5.73 Å². The molecule has 0 radical (unpaired) electrons. The van der Waals surface area contributed by atoms with E-state index < -0.39 is 10.0 Å².